The van der Waals surface area contributed by atoms with Gasteiger partial charge in [0.1, 0.15) is 0 Å². The number of nitrogens with zero attached hydrogens (tertiary/aromatic N) is 1. The maximum Gasteiger partial charge on any atom is 0.387 e. The Hall–Kier alpha value is -2.14. The second-order valence-corrected chi connectivity index (χ2v) is 6.20. The van der Waals surface area contributed by atoms with Crippen molar-refractivity contribution in [2.75, 3.05) is 20.2 Å². The summed E-state index contributed by atoms with van der Waals surface area (Å²) in [7, 11) is 1.39. The number of aliphatic hydroxyl groups excluding tert-OH is 1. The van der Waals surface area contributed by atoms with Gasteiger partial charge in [0.2, 0.25) is 0 Å². The van der Waals surface area contributed by atoms with Crippen molar-refractivity contribution in [2.24, 2.45) is 4.99 Å². The fourth-order valence-electron chi connectivity index (χ4n) is 2.69. The van der Waals surface area contributed by atoms with Gasteiger partial charge in [-0.05, 0) is 36.6 Å². The highest BCUT2D eigenvalue weighted by atomic mass is 127. The maximum atomic E-state index is 12.6. The molecule has 1 atom stereocenters. The van der Waals surface area contributed by atoms with E-state index < -0.39 is 12.7 Å². The monoisotopic (exact) mass is 535 g/mol. The van der Waals surface area contributed by atoms with E-state index in [2.05, 4.69) is 20.4 Å². The molecule has 9 heteroatoms. The van der Waals surface area contributed by atoms with Gasteiger partial charge in [0.05, 0.1) is 19.8 Å². The molecule has 2 aromatic carbocycles. The van der Waals surface area contributed by atoms with Crippen molar-refractivity contribution >= 4 is 29.9 Å². The molecule has 0 aromatic heterocycles. The molecule has 0 saturated heterocycles. The van der Waals surface area contributed by atoms with Crippen LogP contribution >= 0.6 is 24.0 Å². The summed E-state index contributed by atoms with van der Waals surface area (Å²) in [5, 5.41) is 16.5. The van der Waals surface area contributed by atoms with Crippen LogP contribution in [0.4, 0.5) is 8.78 Å². The largest absolute Gasteiger partial charge is 0.493 e. The van der Waals surface area contributed by atoms with E-state index in [-0.39, 0.29) is 42.0 Å². The van der Waals surface area contributed by atoms with Gasteiger partial charge in [0.25, 0.3) is 0 Å². The maximum absolute atomic E-state index is 12.6. The third kappa shape index (κ3) is 8.70. The minimum Gasteiger partial charge on any atom is -0.493 e. The third-order valence-electron chi connectivity index (χ3n) is 4.10. The lowest BCUT2D eigenvalue weighted by molar-refractivity contribution is -0.0512. The van der Waals surface area contributed by atoms with Crippen molar-refractivity contribution in [3.8, 4) is 11.5 Å². The molecule has 1 unspecified atom stereocenters. The first-order chi connectivity index (χ1) is 14.0. The van der Waals surface area contributed by atoms with E-state index in [1.807, 2.05) is 37.3 Å². The highest BCUT2D eigenvalue weighted by molar-refractivity contribution is 14.0. The topological polar surface area (TPSA) is 75.1 Å². The van der Waals surface area contributed by atoms with Crippen LogP contribution in [0.3, 0.4) is 0 Å². The number of rotatable bonds is 10. The minimum atomic E-state index is -2.93. The molecule has 0 bridgehead atoms. The number of alkyl halides is 2. The SMILES string of the molecule is CCNC(=NCc1ccc(OC)c(OC(F)F)c1)NCCC(O)c1ccccc1.I. The van der Waals surface area contributed by atoms with Crippen LogP contribution < -0.4 is 20.1 Å². The molecule has 2 aromatic rings. The van der Waals surface area contributed by atoms with Crippen molar-refractivity contribution in [2.45, 2.75) is 32.6 Å². The van der Waals surface area contributed by atoms with Gasteiger partial charge >= 0.3 is 6.61 Å². The third-order valence-corrected chi connectivity index (χ3v) is 4.10. The lowest BCUT2D eigenvalue weighted by Crippen LogP contribution is -2.38. The molecule has 0 aliphatic rings. The highest BCUT2D eigenvalue weighted by Crippen LogP contribution is 2.29. The number of nitrogens with one attached hydrogen (secondary N) is 2. The Morgan fingerprint density at radius 3 is 2.47 bits per heavy atom. The summed E-state index contributed by atoms with van der Waals surface area (Å²) in [5.41, 5.74) is 1.56. The van der Waals surface area contributed by atoms with Crippen LogP contribution in [0, 0.1) is 0 Å². The van der Waals surface area contributed by atoms with Gasteiger partial charge in [-0.3, -0.25) is 0 Å². The van der Waals surface area contributed by atoms with E-state index in [1.165, 1.54) is 13.2 Å². The van der Waals surface area contributed by atoms with E-state index >= 15 is 0 Å². The fourth-order valence-corrected chi connectivity index (χ4v) is 2.69. The molecule has 0 spiro atoms. The highest BCUT2D eigenvalue weighted by Gasteiger charge is 2.11. The number of hydrogen-bond acceptors (Lipinski definition) is 4. The quantitative estimate of drug-likeness (QED) is 0.243. The summed E-state index contributed by atoms with van der Waals surface area (Å²) in [5.74, 6) is 0.775. The van der Waals surface area contributed by atoms with Crippen LogP contribution in [-0.2, 0) is 6.54 Å². The molecule has 2 rings (SSSR count). The minimum absolute atomic E-state index is 0. The van der Waals surface area contributed by atoms with E-state index in [0.717, 1.165) is 5.56 Å². The van der Waals surface area contributed by atoms with Gasteiger partial charge < -0.3 is 25.2 Å². The molecule has 0 saturated carbocycles. The molecular formula is C21H28F2IN3O3. The molecule has 0 aliphatic heterocycles. The summed E-state index contributed by atoms with van der Waals surface area (Å²) in [6.07, 6.45) is -0.0502. The zero-order valence-corrected chi connectivity index (χ0v) is 19.3. The fraction of sp³-hybridized carbons (Fsp3) is 0.381. The Bertz CT molecular complexity index is 779. The van der Waals surface area contributed by atoms with Crippen LogP contribution in [0.15, 0.2) is 53.5 Å². The van der Waals surface area contributed by atoms with Gasteiger partial charge in [0, 0.05) is 13.1 Å². The van der Waals surface area contributed by atoms with E-state index in [4.69, 9.17) is 4.74 Å². The summed E-state index contributed by atoms with van der Waals surface area (Å²) in [6.45, 7) is 0.454. The molecule has 0 heterocycles. The first kappa shape index (κ1) is 25.9. The second-order valence-electron chi connectivity index (χ2n) is 6.20. The van der Waals surface area contributed by atoms with Gasteiger partial charge in [0.15, 0.2) is 17.5 Å². The predicted octanol–water partition coefficient (Wildman–Crippen LogP) is 4.09. The average molecular weight is 535 g/mol. The predicted molar refractivity (Wildman–Crippen MR) is 124 cm³/mol. The molecule has 0 aliphatic carbocycles. The lowest BCUT2D eigenvalue weighted by atomic mass is 10.1. The Labute approximate surface area is 192 Å². The zero-order valence-electron chi connectivity index (χ0n) is 17.0. The number of guanidine groups is 1. The number of aliphatic hydroxyl groups is 1. The zero-order chi connectivity index (χ0) is 21.1. The first-order valence-corrected chi connectivity index (χ1v) is 9.40. The normalized spacial score (nSPS) is 12.1. The molecule has 6 nitrogen and oxygen atoms in total. The van der Waals surface area contributed by atoms with Crippen molar-refractivity contribution in [3.63, 3.8) is 0 Å². The summed E-state index contributed by atoms with van der Waals surface area (Å²) in [6, 6.07) is 14.2. The Kier molecular flexibility index (Phi) is 12.1. The smallest absolute Gasteiger partial charge is 0.387 e. The number of ether oxygens (including phenoxy) is 2. The van der Waals surface area contributed by atoms with Crippen molar-refractivity contribution in [1.29, 1.82) is 0 Å². The van der Waals surface area contributed by atoms with Crippen LogP contribution in [-0.4, -0.2) is 37.9 Å². The van der Waals surface area contributed by atoms with E-state index in [1.54, 1.807) is 12.1 Å². The van der Waals surface area contributed by atoms with Crippen LogP contribution in [0.5, 0.6) is 11.5 Å². The van der Waals surface area contributed by atoms with Gasteiger partial charge in [-0.2, -0.15) is 8.78 Å². The molecule has 0 fully saturated rings. The summed E-state index contributed by atoms with van der Waals surface area (Å²) >= 11 is 0. The Morgan fingerprint density at radius 2 is 1.83 bits per heavy atom. The van der Waals surface area contributed by atoms with E-state index in [0.29, 0.717) is 31.0 Å². The van der Waals surface area contributed by atoms with Crippen LogP contribution in [0.2, 0.25) is 0 Å². The standard InChI is InChI=1S/C21H27F2N3O3.HI/c1-3-24-21(25-12-11-17(27)16-7-5-4-6-8-16)26-14-15-9-10-18(28-2)19(13-15)29-20(22)23;/h4-10,13,17,20,27H,3,11-12,14H2,1-2H3,(H2,24,25,26);1H. The molecule has 166 valence electrons. The molecular weight excluding hydrogens is 507 g/mol. The van der Waals surface area contributed by atoms with Crippen molar-refractivity contribution in [3.05, 3.63) is 59.7 Å². The van der Waals surface area contributed by atoms with Crippen LogP contribution in [0.1, 0.15) is 30.6 Å². The number of aliphatic imine (C=N–C) groups is 1. The molecule has 30 heavy (non-hydrogen) atoms. The first-order valence-electron chi connectivity index (χ1n) is 9.40. The number of halogens is 3. The lowest BCUT2D eigenvalue weighted by Gasteiger charge is -2.15. The molecule has 0 amide bonds. The molecule has 3 N–H and O–H groups in total. The van der Waals surface area contributed by atoms with Gasteiger partial charge in [-0.1, -0.05) is 36.4 Å². The average Bonchev–Trinajstić information content (AvgIpc) is 2.72. The number of hydrogen-bond donors (Lipinski definition) is 3. The van der Waals surface area contributed by atoms with Gasteiger partial charge in [-0.15, -0.1) is 24.0 Å². The molecule has 0 radical (unpaired) electrons. The number of methoxy groups -OCH3 is 1. The van der Waals surface area contributed by atoms with Gasteiger partial charge in [-0.25, -0.2) is 4.99 Å². The van der Waals surface area contributed by atoms with Crippen molar-refractivity contribution in [1.82, 2.24) is 10.6 Å². The Morgan fingerprint density at radius 1 is 1.10 bits per heavy atom. The van der Waals surface area contributed by atoms with Crippen LogP contribution in [0.25, 0.3) is 0 Å². The Balaban J connectivity index is 0.00000450. The van der Waals surface area contributed by atoms with E-state index in [9.17, 15) is 13.9 Å². The number of benzene rings is 2. The summed E-state index contributed by atoms with van der Waals surface area (Å²) in [4.78, 5) is 4.46. The summed E-state index contributed by atoms with van der Waals surface area (Å²) < 4.78 is 34.7. The van der Waals surface area contributed by atoms with Crippen molar-refractivity contribution < 1.29 is 23.4 Å². The second kappa shape index (κ2) is 14.0.